The fraction of sp³-hybridized carbons (Fsp3) is 0.455. The summed E-state index contributed by atoms with van der Waals surface area (Å²) in [5.41, 5.74) is -0.747. The number of alkyl carbamates (subject to hydrolysis) is 1. The molecule has 2 rings (SSSR count). The molecule has 170 valence electrons. The Hall–Kier alpha value is -2.81. The molecule has 0 spiro atoms. The molecule has 31 heavy (non-hydrogen) atoms. The molecule has 0 bridgehead atoms. The third-order valence-electron chi connectivity index (χ3n) is 4.28. The summed E-state index contributed by atoms with van der Waals surface area (Å²) in [5, 5.41) is 3.95. The van der Waals surface area contributed by atoms with Crippen LogP contribution in [0.3, 0.4) is 0 Å². The highest BCUT2D eigenvalue weighted by atomic mass is 32.2. The first-order valence-corrected chi connectivity index (χ1v) is 11.4. The molecule has 0 aliphatic heterocycles. The largest absolute Gasteiger partial charge is 0.497 e. The molecule has 2 aromatic rings. The van der Waals surface area contributed by atoms with Crippen molar-refractivity contribution >= 4 is 32.8 Å². The molecule has 9 heteroatoms. The number of hydrogen-bond donors (Lipinski definition) is 2. The zero-order valence-corrected chi connectivity index (χ0v) is 19.5. The van der Waals surface area contributed by atoms with Crippen LogP contribution in [0.2, 0.25) is 0 Å². The second-order valence-electron chi connectivity index (χ2n) is 8.67. The van der Waals surface area contributed by atoms with Crippen molar-refractivity contribution in [1.82, 2.24) is 10.0 Å². The summed E-state index contributed by atoms with van der Waals surface area (Å²) in [6.07, 6.45) is -0.539. The lowest BCUT2D eigenvalue weighted by molar-refractivity contribution is -0.121. The topological polar surface area (TPSA) is 111 Å². The Labute approximate surface area is 183 Å². The molecular weight excluding hydrogens is 420 g/mol. The third-order valence-corrected chi connectivity index (χ3v) is 5.62. The number of amides is 2. The van der Waals surface area contributed by atoms with E-state index in [1.165, 1.54) is 12.1 Å². The Bertz CT molecular complexity index is 1060. The minimum Gasteiger partial charge on any atom is -0.497 e. The summed E-state index contributed by atoms with van der Waals surface area (Å²) in [6.45, 7) is 8.82. The van der Waals surface area contributed by atoms with Crippen LogP contribution in [0.5, 0.6) is 5.75 Å². The zero-order valence-electron chi connectivity index (χ0n) is 18.7. The number of sulfonamides is 1. The smallest absolute Gasteiger partial charge is 0.408 e. The SMILES string of the molecule is COc1ccc2cc(S(=O)(=O)NC(=O)[C@H](CC(C)C)NC(=O)OC(C)(C)C)ccc2c1. The highest BCUT2D eigenvalue weighted by Crippen LogP contribution is 2.23. The monoisotopic (exact) mass is 450 g/mol. The minimum atomic E-state index is -4.14. The van der Waals surface area contributed by atoms with Crippen LogP contribution in [0, 0.1) is 5.92 Å². The highest BCUT2D eigenvalue weighted by molar-refractivity contribution is 7.90. The average molecular weight is 451 g/mol. The van der Waals surface area contributed by atoms with Crippen LogP contribution in [0.25, 0.3) is 10.8 Å². The van der Waals surface area contributed by atoms with E-state index >= 15 is 0 Å². The molecule has 1 atom stereocenters. The number of methoxy groups -OCH3 is 1. The lowest BCUT2D eigenvalue weighted by Gasteiger charge is -2.24. The van der Waals surface area contributed by atoms with E-state index in [0.29, 0.717) is 11.1 Å². The van der Waals surface area contributed by atoms with Gasteiger partial charge in [0.1, 0.15) is 17.4 Å². The Morgan fingerprint density at radius 3 is 2.23 bits per heavy atom. The summed E-state index contributed by atoms with van der Waals surface area (Å²) in [4.78, 5) is 24.8. The fourth-order valence-electron chi connectivity index (χ4n) is 2.91. The highest BCUT2D eigenvalue weighted by Gasteiger charge is 2.28. The predicted octanol–water partition coefficient (Wildman–Crippen LogP) is 3.59. The first-order chi connectivity index (χ1) is 14.3. The van der Waals surface area contributed by atoms with Crippen molar-refractivity contribution in [2.24, 2.45) is 5.92 Å². The molecule has 8 nitrogen and oxygen atoms in total. The summed E-state index contributed by atoms with van der Waals surface area (Å²) < 4.78 is 38.1. The van der Waals surface area contributed by atoms with Crippen molar-refractivity contribution in [3.8, 4) is 5.75 Å². The molecule has 0 heterocycles. The molecule has 2 N–H and O–H groups in total. The predicted molar refractivity (Wildman–Crippen MR) is 118 cm³/mol. The number of rotatable bonds is 7. The van der Waals surface area contributed by atoms with E-state index in [2.05, 4.69) is 10.0 Å². The van der Waals surface area contributed by atoms with Gasteiger partial charge >= 0.3 is 6.09 Å². The van der Waals surface area contributed by atoms with Crippen LogP contribution >= 0.6 is 0 Å². The second-order valence-corrected chi connectivity index (χ2v) is 10.4. The lowest BCUT2D eigenvalue weighted by atomic mass is 10.0. The summed E-state index contributed by atoms with van der Waals surface area (Å²) in [6, 6.07) is 8.71. The van der Waals surface area contributed by atoms with E-state index in [1.54, 1.807) is 52.1 Å². The van der Waals surface area contributed by atoms with Crippen molar-refractivity contribution in [3.05, 3.63) is 36.4 Å². The van der Waals surface area contributed by atoms with Crippen LogP contribution in [-0.2, 0) is 19.6 Å². The molecule has 0 radical (unpaired) electrons. The zero-order chi connectivity index (χ0) is 23.4. The molecule has 0 unspecified atom stereocenters. The van der Waals surface area contributed by atoms with E-state index in [-0.39, 0.29) is 17.2 Å². The van der Waals surface area contributed by atoms with Gasteiger partial charge in [0.25, 0.3) is 15.9 Å². The van der Waals surface area contributed by atoms with Gasteiger partial charge in [-0.3, -0.25) is 4.79 Å². The van der Waals surface area contributed by atoms with Gasteiger partial charge < -0.3 is 14.8 Å². The molecule has 2 aromatic carbocycles. The quantitative estimate of drug-likeness (QED) is 0.667. The van der Waals surface area contributed by atoms with Gasteiger partial charge in [0.15, 0.2) is 0 Å². The summed E-state index contributed by atoms with van der Waals surface area (Å²) in [5.74, 6) is -0.139. The molecule has 0 aromatic heterocycles. The van der Waals surface area contributed by atoms with Crippen LogP contribution in [0.4, 0.5) is 4.79 Å². The van der Waals surface area contributed by atoms with E-state index in [1.807, 2.05) is 13.8 Å². The number of fused-ring (bicyclic) bond motifs is 1. The molecule has 2 amide bonds. The first kappa shape index (κ1) is 24.5. The van der Waals surface area contributed by atoms with Crippen LogP contribution < -0.4 is 14.8 Å². The van der Waals surface area contributed by atoms with Crippen LogP contribution in [0.15, 0.2) is 41.3 Å². The van der Waals surface area contributed by atoms with E-state index < -0.39 is 33.7 Å². The van der Waals surface area contributed by atoms with Crippen molar-refractivity contribution in [1.29, 1.82) is 0 Å². The van der Waals surface area contributed by atoms with E-state index in [4.69, 9.17) is 9.47 Å². The van der Waals surface area contributed by atoms with E-state index in [0.717, 1.165) is 5.39 Å². The van der Waals surface area contributed by atoms with Gasteiger partial charge in [-0.25, -0.2) is 17.9 Å². The maximum atomic E-state index is 12.8. The molecule has 0 aliphatic carbocycles. The Morgan fingerprint density at radius 1 is 1.03 bits per heavy atom. The Balaban J connectivity index is 2.22. The number of benzene rings is 2. The van der Waals surface area contributed by atoms with Crippen LogP contribution in [-0.4, -0.2) is 39.2 Å². The Morgan fingerprint density at radius 2 is 1.65 bits per heavy atom. The van der Waals surface area contributed by atoms with Gasteiger partial charge in [-0.05, 0) is 68.1 Å². The standard InChI is InChI=1S/C22H30N2O6S/c1-14(2)11-19(23-21(26)30-22(3,4)5)20(25)24-31(27,28)18-10-8-15-12-17(29-6)9-7-16(15)13-18/h7-10,12-14,19H,11H2,1-6H3,(H,23,26)(H,24,25)/t19-/m0/s1. The minimum absolute atomic E-state index is 0.0315. The van der Waals surface area contributed by atoms with Gasteiger partial charge in [0.05, 0.1) is 12.0 Å². The Kier molecular flexibility index (Phi) is 7.54. The molecule has 0 aliphatic rings. The number of carbonyl (C=O) groups is 2. The van der Waals surface area contributed by atoms with Crippen molar-refractivity contribution in [3.63, 3.8) is 0 Å². The molecular formula is C22H30N2O6S. The first-order valence-electron chi connectivity index (χ1n) is 9.95. The van der Waals surface area contributed by atoms with Crippen LogP contribution in [0.1, 0.15) is 41.0 Å². The third kappa shape index (κ3) is 7.13. The maximum Gasteiger partial charge on any atom is 0.408 e. The summed E-state index contributed by atoms with van der Waals surface area (Å²) in [7, 11) is -2.59. The van der Waals surface area contributed by atoms with Gasteiger partial charge in [-0.1, -0.05) is 26.0 Å². The number of carbonyl (C=O) groups excluding carboxylic acids is 2. The molecule has 0 saturated heterocycles. The number of ether oxygens (including phenoxy) is 2. The second kappa shape index (κ2) is 9.55. The molecule has 0 fully saturated rings. The van der Waals surface area contributed by atoms with Gasteiger partial charge in [-0.15, -0.1) is 0 Å². The lowest BCUT2D eigenvalue weighted by Crippen LogP contribution is -2.50. The van der Waals surface area contributed by atoms with Gasteiger partial charge in [0, 0.05) is 0 Å². The van der Waals surface area contributed by atoms with Crippen molar-refractivity contribution < 1.29 is 27.5 Å². The fourth-order valence-corrected chi connectivity index (χ4v) is 3.97. The molecule has 0 saturated carbocycles. The normalized spacial score (nSPS) is 13.0. The summed E-state index contributed by atoms with van der Waals surface area (Å²) >= 11 is 0. The maximum absolute atomic E-state index is 12.8. The number of hydrogen-bond acceptors (Lipinski definition) is 6. The van der Waals surface area contributed by atoms with E-state index in [9.17, 15) is 18.0 Å². The average Bonchev–Trinajstić information content (AvgIpc) is 2.64. The number of nitrogens with one attached hydrogen (secondary N) is 2. The van der Waals surface area contributed by atoms with Crippen molar-refractivity contribution in [2.45, 2.75) is 57.6 Å². The van der Waals surface area contributed by atoms with Gasteiger partial charge in [-0.2, -0.15) is 0 Å². The van der Waals surface area contributed by atoms with Crippen molar-refractivity contribution in [2.75, 3.05) is 7.11 Å². The van der Waals surface area contributed by atoms with Gasteiger partial charge in [0.2, 0.25) is 0 Å².